The zero-order valence-corrected chi connectivity index (χ0v) is 10.6. The summed E-state index contributed by atoms with van der Waals surface area (Å²) in [7, 11) is 0. The Morgan fingerprint density at radius 3 is 2.44 bits per heavy atom. The molecule has 7 nitrogen and oxygen atoms in total. The van der Waals surface area contributed by atoms with Crippen LogP contribution in [0.1, 0.15) is 6.42 Å². The van der Waals surface area contributed by atoms with Crippen LogP contribution in [-0.4, -0.2) is 22.2 Å². The van der Waals surface area contributed by atoms with Gasteiger partial charge in [-0.05, 0) is 23.4 Å². The number of carbonyl (C=O) groups is 1. The minimum atomic E-state index is -3.59. The molecule has 1 unspecified atom stereocenters. The number of nitro benzene ring substituents is 1. The van der Waals surface area contributed by atoms with Gasteiger partial charge in [0.15, 0.2) is 0 Å². The van der Waals surface area contributed by atoms with Gasteiger partial charge in [-0.2, -0.15) is 0 Å². The van der Waals surface area contributed by atoms with E-state index in [-0.39, 0.29) is 24.0 Å². The van der Waals surface area contributed by atoms with Gasteiger partial charge in [-0.15, -0.1) is 0 Å². The zero-order valence-electron chi connectivity index (χ0n) is 8.98. The third-order valence-electron chi connectivity index (χ3n) is 1.88. The largest absolute Gasteiger partial charge is 0.481 e. The molecule has 9 heteroatoms. The Balaban J connectivity index is 2.69. The third kappa shape index (κ3) is 4.73. The smallest absolute Gasteiger partial charge is 0.337 e. The molecule has 0 aliphatic rings. The number of non-ortho nitro benzene ring substituents is 1. The minimum absolute atomic E-state index is 0.0873. The second-order valence-corrected chi connectivity index (χ2v) is 6.66. The second-order valence-electron chi connectivity index (χ2n) is 3.30. The van der Waals surface area contributed by atoms with Crippen molar-refractivity contribution in [2.24, 2.45) is 0 Å². The Morgan fingerprint density at radius 2 is 2.00 bits per heavy atom. The number of hydrogen-bond donors (Lipinski definition) is 1. The number of halogens is 1. The molecule has 0 saturated heterocycles. The van der Waals surface area contributed by atoms with E-state index in [2.05, 4.69) is 0 Å². The Morgan fingerprint density at radius 1 is 1.44 bits per heavy atom. The summed E-state index contributed by atoms with van der Waals surface area (Å²) in [6, 6.07) is 4.83. The lowest BCUT2D eigenvalue weighted by molar-refractivity contribution is -0.384. The van der Waals surface area contributed by atoms with Gasteiger partial charge in [0.05, 0.1) is 17.5 Å². The van der Waals surface area contributed by atoms with Gasteiger partial charge >= 0.3 is 12.7 Å². The molecule has 0 spiro atoms. The fourth-order valence-corrected chi connectivity index (χ4v) is 2.54. The summed E-state index contributed by atoms with van der Waals surface area (Å²) < 4.78 is 16.6. The fraction of sp³-hybridized carbons (Fsp3) is 0.222. The quantitative estimate of drug-likeness (QED) is 0.491. The average molecular weight is 294 g/mol. The Kier molecular flexibility index (Phi) is 4.69. The first kappa shape index (κ1) is 14.5. The molecule has 1 rings (SSSR count). The predicted molar refractivity (Wildman–Crippen MR) is 64.3 cm³/mol. The van der Waals surface area contributed by atoms with Crippen LogP contribution < -0.4 is 4.52 Å². The monoisotopic (exact) mass is 293 g/mol. The maximum absolute atomic E-state index is 11.7. The summed E-state index contributed by atoms with van der Waals surface area (Å²) in [5, 5.41) is 18.8. The van der Waals surface area contributed by atoms with Crippen LogP contribution in [0, 0.1) is 10.1 Å². The van der Waals surface area contributed by atoms with Gasteiger partial charge in [0.2, 0.25) is 0 Å². The van der Waals surface area contributed by atoms with E-state index in [0.717, 1.165) is 0 Å². The highest BCUT2D eigenvalue weighted by molar-refractivity contribution is 7.85. The van der Waals surface area contributed by atoms with Crippen molar-refractivity contribution >= 4 is 29.6 Å². The zero-order chi connectivity index (χ0) is 13.8. The third-order valence-corrected chi connectivity index (χ3v) is 3.84. The van der Waals surface area contributed by atoms with Gasteiger partial charge in [0.25, 0.3) is 5.69 Å². The molecule has 0 fully saturated rings. The lowest BCUT2D eigenvalue weighted by atomic mass is 10.3. The van der Waals surface area contributed by atoms with E-state index in [4.69, 9.17) is 20.9 Å². The van der Waals surface area contributed by atoms with E-state index in [1.54, 1.807) is 0 Å². The molecule has 1 atom stereocenters. The molecule has 98 valence electrons. The molecular formula is C9H9ClNO6P. The van der Waals surface area contributed by atoms with Crippen LogP contribution in [0.25, 0.3) is 0 Å². The summed E-state index contributed by atoms with van der Waals surface area (Å²) in [6.45, 7) is -3.59. The number of aliphatic carboxylic acids is 1. The van der Waals surface area contributed by atoms with Gasteiger partial charge in [-0.1, -0.05) is 0 Å². The van der Waals surface area contributed by atoms with Crippen molar-refractivity contribution in [2.75, 3.05) is 6.16 Å². The summed E-state index contributed by atoms with van der Waals surface area (Å²) >= 11 is 5.55. The number of rotatable bonds is 6. The Hall–Kier alpha value is -1.59. The van der Waals surface area contributed by atoms with E-state index < -0.39 is 17.6 Å². The van der Waals surface area contributed by atoms with Crippen molar-refractivity contribution in [1.82, 2.24) is 0 Å². The van der Waals surface area contributed by atoms with E-state index in [1.165, 1.54) is 24.3 Å². The molecule has 1 aromatic carbocycles. The first-order valence-corrected chi connectivity index (χ1v) is 7.46. The van der Waals surface area contributed by atoms with Crippen LogP contribution in [-0.2, 0) is 9.36 Å². The molecule has 0 aliphatic heterocycles. The summed E-state index contributed by atoms with van der Waals surface area (Å²) in [4.78, 5) is 20.1. The molecule has 1 aromatic rings. The van der Waals surface area contributed by atoms with Gasteiger partial charge in [-0.25, -0.2) is 0 Å². The van der Waals surface area contributed by atoms with E-state index in [9.17, 15) is 19.5 Å². The summed E-state index contributed by atoms with van der Waals surface area (Å²) in [6.07, 6.45) is -0.700. The number of hydrogen-bond acceptors (Lipinski definition) is 5. The summed E-state index contributed by atoms with van der Waals surface area (Å²) in [5.74, 6) is -1.05. The summed E-state index contributed by atoms with van der Waals surface area (Å²) in [5.41, 5.74) is -0.141. The van der Waals surface area contributed by atoms with Crippen molar-refractivity contribution in [3.05, 3.63) is 34.4 Å². The van der Waals surface area contributed by atoms with Gasteiger partial charge in [-0.3, -0.25) is 19.5 Å². The van der Waals surface area contributed by atoms with Crippen LogP contribution >= 0.6 is 18.0 Å². The van der Waals surface area contributed by atoms with Gasteiger partial charge in [0, 0.05) is 12.1 Å². The molecule has 0 amide bonds. The maximum atomic E-state index is 11.7. The second kappa shape index (κ2) is 5.84. The first-order chi connectivity index (χ1) is 8.30. The molecule has 0 heterocycles. The first-order valence-electron chi connectivity index (χ1n) is 4.75. The number of carboxylic acids is 1. The number of nitro groups is 1. The molecule has 0 aromatic heterocycles. The van der Waals surface area contributed by atoms with Crippen LogP contribution in [0.15, 0.2) is 24.3 Å². The highest BCUT2D eigenvalue weighted by Gasteiger charge is 2.22. The highest BCUT2D eigenvalue weighted by atomic mass is 35.7. The van der Waals surface area contributed by atoms with Crippen molar-refractivity contribution in [3.8, 4) is 5.75 Å². The molecule has 18 heavy (non-hydrogen) atoms. The van der Waals surface area contributed by atoms with Crippen LogP contribution in [0.5, 0.6) is 5.75 Å². The number of benzene rings is 1. The molecule has 0 aliphatic carbocycles. The van der Waals surface area contributed by atoms with Crippen LogP contribution in [0.4, 0.5) is 5.69 Å². The topological polar surface area (TPSA) is 107 Å². The normalized spacial score (nSPS) is 13.6. The van der Waals surface area contributed by atoms with Crippen molar-refractivity contribution < 1.29 is 23.9 Å². The van der Waals surface area contributed by atoms with Crippen LogP contribution in [0.3, 0.4) is 0 Å². The lowest BCUT2D eigenvalue weighted by Gasteiger charge is -2.11. The minimum Gasteiger partial charge on any atom is -0.481 e. The average Bonchev–Trinajstić information content (AvgIpc) is 2.27. The molecule has 0 radical (unpaired) electrons. The maximum Gasteiger partial charge on any atom is 0.337 e. The number of nitrogens with zero attached hydrogens (tertiary/aromatic N) is 1. The molecular weight excluding hydrogens is 285 g/mol. The van der Waals surface area contributed by atoms with Crippen molar-refractivity contribution in [1.29, 1.82) is 0 Å². The van der Waals surface area contributed by atoms with E-state index in [1.807, 2.05) is 0 Å². The Bertz CT molecular complexity index is 502. The van der Waals surface area contributed by atoms with Gasteiger partial charge < -0.3 is 9.63 Å². The van der Waals surface area contributed by atoms with Crippen LogP contribution in [0.2, 0.25) is 0 Å². The fourth-order valence-electron chi connectivity index (χ4n) is 1.06. The standard InChI is InChI=1S/C9H9ClNO6P/c10-18(16,6-5-9(12)13)17-8-3-1-7(2-4-8)11(14)15/h1-4H,5-6H2,(H,12,13). The van der Waals surface area contributed by atoms with Crippen molar-refractivity contribution in [2.45, 2.75) is 6.42 Å². The predicted octanol–water partition coefficient (Wildman–Crippen LogP) is 2.88. The van der Waals surface area contributed by atoms with Crippen molar-refractivity contribution in [3.63, 3.8) is 0 Å². The Labute approximate surface area is 107 Å². The van der Waals surface area contributed by atoms with Gasteiger partial charge in [0.1, 0.15) is 5.75 Å². The highest BCUT2D eigenvalue weighted by Crippen LogP contribution is 2.52. The SMILES string of the molecule is O=C(O)CCP(=O)(Cl)Oc1ccc([N+](=O)[O-])cc1. The lowest BCUT2D eigenvalue weighted by Crippen LogP contribution is -2.00. The number of carboxylic acid groups (broad SMARTS) is 1. The molecule has 1 N–H and O–H groups in total. The van der Waals surface area contributed by atoms with E-state index in [0.29, 0.717) is 0 Å². The molecule has 0 bridgehead atoms. The molecule has 0 saturated carbocycles. The van der Waals surface area contributed by atoms with E-state index >= 15 is 0 Å².